The predicted octanol–water partition coefficient (Wildman–Crippen LogP) is 3.55. The highest BCUT2D eigenvalue weighted by atomic mass is 32.1. The van der Waals surface area contributed by atoms with Crippen LogP contribution in [-0.2, 0) is 13.1 Å². The van der Waals surface area contributed by atoms with Crippen LogP contribution >= 0.6 is 11.3 Å². The van der Waals surface area contributed by atoms with Crippen molar-refractivity contribution >= 4 is 22.0 Å². The molecule has 0 unspecified atom stereocenters. The molecule has 0 aliphatic rings. The standard InChI is InChI=1S/C20H22N6S/c1-24(2)17-11-7-10-16(12-17)19-23-26-18(21-22-20(26)27-19)14-25(3)13-15-8-5-4-6-9-15/h4-12H,13-14H2,1-3H3. The highest BCUT2D eigenvalue weighted by Gasteiger charge is 2.15. The van der Waals surface area contributed by atoms with E-state index in [1.807, 2.05) is 24.7 Å². The number of benzene rings is 2. The minimum atomic E-state index is 0.691. The summed E-state index contributed by atoms with van der Waals surface area (Å²) < 4.78 is 1.86. The second-order valence-electron chi connectivity index (χ2n) is 6.82. The van der Waals surface area contributed by atoms with Crippen molar-refractivity contribution in [2.45, 2.75) is 13.1 Å². The van der Waals surface area contributed by atoms with Crippen LogP contribution in [0.15, 0.2) is 54.6 Å². The van der Waals surface area contributed by atoms with Crippen LogP contribution in [0.2, 0.25) is 0 Å². The van der Waals surface area contributed by atoms with Gasteiger partial charge in [0.05, 0.1) is 6.54 Å². The van der Waals surface area contributed by atoms with Crippen molar-refractivity contribution < 1.29 is 0 Å². The van der Waals surface area contributed by atoms with Crippen LogP contribution in [0.25, 0.3) is 15.5 Å². The molecule has 0 atom stereocenters. The van der Waals surface area contributed by atoms with Gasteiger partial charge in [-0.1, -0.05) is 53.8 Å². The van der Waals surface area contributed by atoms with Crippen molar-refractivity contribution in [1.82, 2.24) is 24.7 Å². The second-order valence-corrected chi connectivity index (χ2v) is 7.78. The van der Waals surface area contributed by atoms with Crippen molar-refractivity contribution in [2.24, 2.45) is 0 Å². The summed E-state index contributed by atoms with van der Waals surface area (Å²) in [5.74, 6) is 0.856. The van der Waals surface area contributed by atoms with Crippen molar-refractivity contribution in [3.63, 3.8) is 0 Å². The molecule has 2 heterocycles. The summed E-state index contributed by atoms with van der Waals surface area (Å²) in [5, 5.41) is 14.4. The molecule has 0 saturated heterocycles. The maximum absolute atomic E-state index is 4.77. The Labute approximate surface area is 162 Å². The van der Waals surface area contributed by atoms with E-state index in [1.54, 1.807) is 11.3 Å². The van der Waals surface area contributed by atoms with Crippen LogP contribution in [0.1, 0.15) is 11.4 Å². The summed E-state index contributed by atoms with van der Waals surface area (Å²) >= 11 is 1.56. The minimum absolute atomic E-state index is 0.691. The van der Waals surface area contributed by atoms with E-state index in [0.717, 1.165) is 33.6 Å². The smallest absolute Gasteiger partial charge is 0.235 e. The van der Waals surface area contributed by atoms with E-state index in [4.69, 9.17) is 5.10 Å². The van der Waals surface area contributed by atoms with Crippen LogP contribution in [0.4, 0.5) is 5.69 Å². The molecule has 138 valence electrons. The number of aromatic nitrogens is 4. The van der Waals surface area contributed by atoms with Crippen LogP contribution in [0.3, 0.4) is 0 Å². The molecule has 0 bridgehead atoms. The van der Waals surface area contributed by atoms with Crippen LogP contribution < -0.4 is 4.90 Å². The highest BCUT2D eigenvalue weighted by molar-refractivity contribution is 7.19. The molecule has 0 fully saturated rings. The van der Waals surface area contributed by atoms with Gasteiger partial charge in [0.25, 0.3) is 0 Å². The first-order valence-corrected chi connectivity index (χ1v) is 9.63. The molecule has 4 rings (SSSR count). The fourth-order valence-corrected chi connectivity index (χ4v) is 3.84. The number of hydrogen-bond donors (Lipinski definition) is 0. The molecule has 0 aliphatic heterocycles. The molecular formula is C20H22N6S. The molecule has 0 N–H and O–H groups in total. The van der Waals surface area contributed by atoms with Gasteiger partial charge in [-0.2, -0.15) is 9.61 Å². The van der Waals surface area contributed by atoms with E-state index in [-0.39, 0.29) is 0 Å². The molecule has 6 nitrogen and oxygen atoms in total. The van der Waals surface area contributed by atoms with Crippen LogP contribution in [0, 0.1) is 0 Å². The van der Waals surface area contributed by atoms with Gasteiger partial charge in [-0.05, 0) is 24.7 Å². The van der Waals surface area contributed by atoms with Crippen molar-refractivity contribution in [3.8, 4) is 10.6 Å². The third-order valence-electron chi connectivity index (χ3n) is 4.37. The summed E-state index contributed by atoms with van der Waals surface area (Å²) in [6.07, 6.45) is 0. The maximum atomic E-state index is 4.77. The topological polar surface area (TPSA) is 49.6 Å². The van der Waals surface area contributed by atoms with E-state index in [2.05, 4.69) is 75.6 Å². The summed E-state index contributed by atoms with van der Waals surface area (Å²) in [6.45, 7) is 1.55. The molecular weight excluding hydrogens is 356 g/mol. The molecule has 2 aromatic carbocycles. The van der Waals surface area contributed by atoms with Gasteiger partial charge in [0, 0.05) is 31.9 Å². The van der Waals surface area contributed by atoms with Crippen LogP contribution in [-0.4, -0.2) is 45.9 Å². The monoisotopic (exact) mass is 378 g/mol. The Bertz CT molecular complexity index is 1040. The lowest BCUT2D eigenvalue weighted by Gasteiger charge is -2.14. The maximum Gasteiger partial charge on any atom is 0.235 e. The normalized spacial score (nSPS) is 11.4. The molecule has 0 radical (unpaired) electrons. The molecule has 0 spiro atoms. The zero-order chi connectivity index (χ0) is 18.8. The lowest BCUT2D eigenvalue weighted by molar-refractivity contribution is 0.308. The lowest BCUT2D eigenvalue weighted by atomic mass is 10.2. The second kappa shape index (κ2) is 7.46. The predicted molar refractivity (Wildman–Crippen MR) is 110 cm³/mol. The third kappa shape index (κ3) is 3.84. The van der Waals surface area contributed by atoms with Gasteiger partial charge in [-0.3, -0.25) is 4.90 Å². The van der Waals surface area contributed by atoms with Crippen molar-refractivity contribution in [3.05, 3.63) is 66.0 Å². The molecule has 0 aliphatic carbocycles. The Morgan fingerprint density at radius 1 is 0.926 bits per heavy atom. The van der Waals surface area contributed by atoms with E-state index in [9.17, 15) is 0 Å². The molecule has 4 aromatic rings. The van der Waals surface area contributed by atoms with Gasteiger partial charge >= 0.3 is 0 Å². The Morgan fingerprint density at radius 3 is 2.52 bits per heavy atom. The number of fused-ring (bicyclic) bond motifs is 1. The Hall–Kier alpha value is -2.77. The summed E-state index contributed by atoms with van der Waals surface area (Å²) in [5.41, 5.74) is 3.53. The number of hydrogen-bond acceptors (Lipinski definition) is 6. The highest BCUT2D eigenvalue weighted by Crippen LogP contribution is 2.28. The summed E-state index contributed by atoms with van der Waals surface area (Å²) in [6, 6.07) is 18.8. The quantitative estimate of drug-likeness (QED) is 0.514. The lowest BCUT2D eigenvalue weighted by Crippen LogP contribution is -2.19. The minimum Gasteiger partial charge on any atom is -0.378 e. The summed E-state index contributed by atoms with van der Waals surface area (Å²) in [4.78, 5) is 5.13. The average Bonchev–Trinajstić information content (AvgIpc) is 3.25. The van der Waals surface area contributed by atoms with Gasteiger partial charge in [-0.15, -0.1) is 10.2 Å². The molecule has 7 heteroatoms. The van der Waals surface area contributed by atoms with Crippen molar-refractivity contribution in [2.75, 3.05) is 26.0 Å². The average molecular weight is 379 g/mol. The van der Waals surface area contributed by atoms with Gasteiger partial charge in [0.15, 0.2) is 5.82 Å². The molecule has 0 amide bonds. The largest absolute Gasteiger partial charge is 0.378 e. The van der Waals surface area contributed by atoms with E-state index in [0.29, 0.717) is 6.54 Å². The number of anilines is 1. The number of rotatable bonds is 6. The molecule has 27 heavy (non-hydrogen) atoms. The van der Waals surface area contributed by atoms with Gasteiger partial charge < -0.3 is 4.90 Å². The van der Waals surface area contributed by atoms with Crippen LogP contribution in [0.5, 0.6) is 0 Å². The third-order valence-corrected chi connectivity index (χ3v) is 5.32. The zero-order valence-corrected chi connectivity index (χ0v) is 16.5. The fraction of sp³-hybridized carbons (Fsp3) is 0.250. The van der Waals surface area contributed by atoms with Crippen molar-refractivity contribution in [1.29, 1.82) is 0 Å². The van der Waals surface area contributed by atoms with Gasteiger partial charge in [0.2, 0.25) is 4.96 Å². The zero-order valence-electron chi connectivity index (χ0n) is 15.7. The molecule has 2 aromatic heterocycles. The first-order valence-electron chi connectivity index (χ1n) is 8.81. The van der Waals surface area contributed by atoms with E-state index < -0.39 is 0 Å². The van der Waals surface area contributed by atoms with Gasteiger partial charge in [-0.25, -0.2) is 0 Å². The summed E-state index contributed by atoms with van der Waals surface area (Å²) in [7, 11) is 6.17. The van der Waals surface area contributed by atoms with E-state index >= 15 is 0 Å². The Balaban J connectivity index is 1.56. The first kappa shape index (κ1) is 17.6. The Kier molecular flexibility index (Phi) is 4.87. The van der Waals surface area contributed by atoms with E-state index in [1.165, 1.54) is 5.56 Å². The Morgan fingerprint density at radius 2 is 1.74 bits per heavy atom. The first-order chi connectivity index (χ1) is 13.1. The fourth-order valence-electron chi connectivity index (χ4n) is 2.98. The SMILES string of the molecule is CN(Cc1ccccc1)Cc1nnc2sc(-c3cccc(N(C)C)c3)nn12. The molecule has 0 saturated carbocycles. The number of nitrogens with zero attached hydrogens (tertiary/aromatic N) is 6. The van der Waals surface area contributed by atoms with Gasteiger partial charge in [0.1, 0.15) is 5.01 Å².